The molecule has 2 aliphatic rings. The lowest BCUT2D eigenvalue weighted by molar-refractivity contribution is -0.137. The monoisotopic (exact) mass is 333 g/mol. The molecule has 0 aliphatic carbocycles. The van der Waals surface area contributed by atoms with Gasteiger partial charge in [0.25, 0.3) is 0 Å². The molecule has 0 radical (unpaired) electrons. The van der Waals surface area contributed by atoms with Crippen molar-refractivity contribution in [3.63, 3.8) is 0 Å². The summed E-state index contributed by atoms with van der Waals surface area (Å²) in [4.78, 5) is 17.3. The highest BCUT2D eigenvalue weighted by molar-refractivity contribution is 5.82. The summed E-state index contributed by atoms with van der Waals surface area (Å²) in [5.74, 6) is 0.654. The van der Waals surface area contributed by atoms with E-state index in [9.17, 15) is 9.18 Å². The van der Waals surface area contributed by atoms with Gasteiger partial charge in [-0.25, -0.2) is 4.39 Å². The SMILES string of the molecule is CNC[C@@H]1CCN(C(=O)[C@@H]2CCCCN2Cc2ccc(F)cc2)C1. The Bertz CT molecular complexity index is 548. The van der Waals surface area contributed by atoms with Gasteiger partial charge in [-0.3, -0.25) is 9.69 Å². The molecule has 1 aromatic rings. The standard InChI is InChI=1S/C19H28FN3O/c1-21-12-16-9-11-23(14-16)19(24)18-4-2-3-10-22(18)13-15-5-7-17(20)8-6-15/h5-8,16,18,21H,2-4,9-14H2,1H3/t16-,18-/m0/s1. The lowest BCUT2D eigenvalue weighted by atomic mass is 10.00. The Morgan fingerprint density at radius 3 is 2.75 bits per heavy atom. The van der Waals surface area contributed by atoms with Crippen molar-refractivity contribution in [3.05, 3.63) is 35.6 Å². The van der Waals surface area contributed by atoms with Crippen molar-refractivity contribution < 1.29 is 9.18 Å². The molecule has 1 aromatic carbocycles. The number of nitrogens with zero attached hydrogens (tertiary/aromatic N) is 2. The smallest absolute Gasteiger partial charge is 0.239 e. The van der Waals surface area contributed by atoms with Crippen LogP contribution >= 0.6 is 0 Å². The minimum Gasteiger partial charge on any atom is -0.341 e. The number of carbonyl (C=O) groups is 1. The van der Waals surface area contributed by atoms with Crippen molar-refractivity contribution in [2.45, 2.75) is 38.3 Å². The Morgan fingerprint density at radius 2 is 2.00 bits per heavy atom. The van der Waals surface area contributed by atoms with Crippen molar-refractivity contribution in [1.29, 1.82) is 0 Å². The first-order chi connectivity index (χ1) is 11.7. The Balaban J connectivity index is 1.63. The molecule has 2 heterocycles. The zero-order valence-corrected chi connectivity index (χ0v) is 14.5. The molecule has 2 fully saturated rings. The van der Waals surface area contributed by atoms with Gasteiger partial charge >= 0.3 is 0 Å². The van der Waals surface area contributed by atoms with E-state index in [1.165, 1.54) is 12.1 Å². The molecule has 132 valence electrons. The van der Waals surface area contributed by atoms with Crippen LogP contribution in [0.1, 0.15) is 31.2 Å². The van der Waals surface area contributed by atoms with Crippen LogP contribution < -0.4 is 5.32 Å². The number of hydrogen-bond acceptors (Lipinski definition) is 3. The van der Waals surface area contributed by atoms with Gasteiger partial charge in [-0.15, -0.1) is 0 Å². The molecule has 0 spiro atoms. The van der Waals surface area contributed by atoms with Gasteiger partial charge in [0.2, 0.25) is 5.91 Å². The number of piperidine rings is 1. The highest BCUT2D eigenvalue weighted by Crippen LogP contribution is 2.24. The molecular weight excluding hydrogens is 305 g/mol. The third kappa shape index (κ3) is 4.14. The number of halogens is 1. The van der Waals surface area contributed by atoms with Crippen molar-refractivity contribution >= 4 is 5.91 Å². The summed E-state index contributed by atoms with van der Waals surface area (Å²) < 4.78 is 13.1. The van der Waals surface area contributed by atoms with Crippen molar-refractivity contribution in [2.24, 2.45) is 5.92 Å². The fourth-order valence-corrected chi connectivity index (χ4v) is 3.98. The van der Waals surface area contributed by atoms with Gasteiger partial charge in [0.05, 0.1) is 6.04 Å². The van der Waals surface area contributed by atoms with Crippen LogP contribution in [0.25, 0.3) is 0 Å². The van der Waals surface area contributed by atoms with Crippen LogP contribution in [0.2, 0.25) is 0 Å². The second-order valence-electron chi connectivity index (χ2n) is 7.11. The van der Waals surface area contributed by atoms with E-state index in [0.717, 1.165) is 64.0 Å². The molecule has 5 heteroatoms. The van der Waals surface area contributed by atoms with Crippen LogP contribution in [-0.4, -0.2) is 55.0 Å². The molecule has 2 saturated heterocycles. The predicted octanol–water partition coefficient (Wildman–Crippen LogP) is 2.25. The molecule has 3 rings (SSSR count). The molecule has 1 amide bonds. The summed E-state index contributed by atoms with van der Waals surface area (Å²) in [5.41, 5.74) is 1.07. The third-order valence-electron chi connectivity index (χ3n) is 5.29. The lowest BCUT2D eigenvalue weighted by Crippen LogP contribution is -2.50. The maximum absolute atomic E-state index is 13.1. The van der Waals surface area contributed by atoms with E-state index in [1.54, 1.807) is 0 Å². The van der Waals surface area contributed by atoms with E-state index in [0.29, 0.717) is 5.92 Å². The van der Waals surface area contributed by atoms with Crippen molar-refractivity contribution in [2.75, 3.05) is 33.2 Å². The first-order valence-electron chi connectivity index (χ1n) is 9.09. The third-order valence-corrected chi connectivity index (χ3v) is 5.29. The summed E-state index contributed by atoms with van der Waals surface area (Å²) in [6.45, 7) is 4.41. The van der Waals surface area contributed by atoms with Gasteiger partial charge in [0, 0.05) is 19.6 Å². The topological polar surface area (TPSA) is 35.6 Å². The summed E-state index contributed by atoms with van der Waals surface area (Å²) in [6, 6.07) is 6.63. The Kier molecular flexibility index (Phi) is 5.85. The highest BCUT2D eigenvalue weighted by atomic mass is 19.1. The van der Waals surface area contributed by atoms with Gasteiger partial charge < -0.3 is 10.2 Å². The van der Waals surface area contributed by atoms with Gasteiger partial charge in [-0.1, -0.05) is 18.6 Å². The second-order valence-corrected chi connectivity index (χ2v) is 7.11. The quantitative estimate of drug-likeness (QED) is 0.898. The second kappa shape index (κ2) is 8.08. The molecule has 4 nitrogen and oxygen atoms in total. The van der Waals surface area contributed by atoms with E-state index < -0.39 is 0 Å². The highest BCUT2D eigenvalue weighted by Gasteiger charge is 2.35. The zero-order chi connectivity index (χ0) is 16.9. The van der Waals surface area contributed by atoms with E-state index in [1.807, 2.05) is 19.2 Å². The van der Waals surface area contributed by atoms with E-state index in [2.05, 4.69) is 15.1 Å². The minimum absolute atomic E-state index is 0.0165. The fourth-order valence-electron chi connectivity index (χ4n) is 3.98. The van der Waals surface area contributed by atoms with E-state index in [-0.39, 0.29) is 17.8 Å². The summed E-state index contributed by atoms with van der Waals surface area (Å²) in [7, 11) is 1.97. The van der Waals surface area contributed by atoms with Gasteiger partial charge in [0.1, 0.15) is 5.82 Å². The van der Waals surface area contributed by atoms with Crippen LogP contribution in [0.4, 0.5) is 4.39 Å². The average Bonchev–Trinajstić information content (AvgIpc) is 3.06. The minimum atomic E-state index is -0.210. The molecule has 0 bridgehead atoms. The molecule has 0 unspecified atom stereocenters. The molecular formula is C19H28FN3O. The lowest BCUT2D eigenvalue weighted by Gasteiger charge is -2.37. The fraction of sp³-hybridized carbons (Fsp3) is 0.632. The predicted molar refractivity (Wildman–Crippen MR) is 93.1 cm³/mol. The Labute approximate surface area is 144 Å². The maximum Gasteiger partial charge on any atom is 0.239 e. The normalized spacial score (nSPS) is 25.2. The number of nitrogens with one attached hydrogen (secondary N) is 1. The summed E-state index contributed by atoms with van der Waals surface area (Å²) in [6.07, 6.45) is 4.28. The average molecular weight is 333 g/mol. The largest absolute Gasteiger partial charge is 0.341 e. The van der Waals surface area contributed by atoms with Crippen LogP contribution in [0.15, 0.2) is 24.3 Å². The number of amides is 1. The molecule has 2 atom stereocenters. The zero-order valence-electron chi connectivity index (χ0n) is 14.5. The van der Waals surface area contributed by atoms with Gasteiger partial charge in [0.15, 0.2) is 0 Å². The van der Waals surface area contributed by atoms with Crippen molar-refractivity contribution in [1.82, 2.24) is 15.1 Å². The maximum atomic E-state index is 13.1. The molecule has 24 heavy (non-hydrogen) atoms. The van der Waals surface area contributed by atoms with Crippen LogP contribution in [0.3, 0.4) is 0 Å². The van der Waals surface area contributed by atoms with Crippen LogP contribution in [0, 0.1) is 11.7 Å². The molecule has 1 N–H and O–H groups in total. The Hall–Kier alpha value is -1.46. The summed E-state index contributed by atoms with van der Waals surface area (Å²) in [5, 5.41) is 3.22. The van der Waals surface area contributed by atoms with Gasteiger partial charge in [-0.05, 0) is 63.0 Å². The number of hydrogen-bond donors (Lipinski definition) is 1. The first-order valence-corrected chi connectivity index (χ1v) is 9.09. The number of benzene rings is 1. The number of likely N-dealkylation sites (tertiary alicyclic amines) is 2. The van der Waals surface area contributed by atoms with Gasteiger partial charge in [-0.2, -0.15) is 0 Å². The Morgan fingerprint density at radius 1 is 1.21 bits per heavy atom. The van der Waals surface area contributed by atoms with E-state index in [4.69, 9.17) is 0 Å². The summed E-state index contributed by atoms with van der Waals surface area (Å²) >= 11 is 0. The number of carbonyl (C=O) groups excluding carboxylic acids is 1. The molecule has 0 aromatic heterocycles. The van der Waals surface area contributed by atoms with Crippen LogP contribution in [-0.2, 0) is 11.3 Å². The van der Waals surface area contributed by atoms with Crippen LogP contribution in [0.5, 0.6) is 0 Å². The molecule has 2 aliphatic heterocycles. The first kappa shape index (κ1) is 17.4. The molecule has 0 saturated carbocycles. The number of rotatable bonds is 5. The van der Waals surface area contributed by atoms with Crippen molar-refractivity contribution in [3.8, 4) is 0 Å². The van der Waals surface area contributed by atoms with E-state index >= 15 is 0 Å².